The number of fused-ring (bicyclic) bond motifs is 1. The minimum Gasteiger partial charge on any atom is -0.431 e. The first-order valence-corrected chi connectivity index (χ1v) is 7.26. The van der Waals surface area contributed by atoms with Crippen LogP contribution in [-0.4, -0.2) is 16.7 Å². The van der Waals surface area contributed by atoms with E-state index >= 15 is 0 Å². The van der Waals surface area contributed by atoms with Gasteiger partial charge in [0, 0.05) is 6.92 Å². The van der Waals surface area contributed by atoms with Crippen LogP contribution in [0.3, 0.4) is 0 Å². The summed E-state index contributed by atoms with van der Waals surface area (Å²) in [5.74, 6) is 0.492. The summed E-state index contributed by atoms with van der Waals surface area (Å²) in [6.07, 6.45) is 5.21. The minimum atomic E-state index is -0.722. The van der Waals surface area contributed by atoms with E-state index in [1.165, 1.54) is 12.5 Å². The molecule has 2 aliphatic carbocycles. The molecule has 0 radical (unpaired) electrons. The Bertz CT molecular complexity index is 534. The van der Waals surface area contributed by atoms with Crippen LogP contribution in [0.4, 0.5) is 0 Å². The molecule has 0 saturated heterocycles. The van der Waals surface area contributed by atoms with Crippen LogP contribution >= 0.6 is 0 Å². The van der Waals surface area contributed by atoms with E-state index in [2.05, 4.69) is 12.1 Å². The molecular weight excluding hydrogens is 252 g/mol. The number of esters is 1. The smallest absolute Gasteiger partial charge is 0.307 e. The van der Waals surface area contributed by atoms with Crippen molar-refractivity contribution in [3.63, 3.8) is 0 Å². The Kier molecular flexibility index (Phi) is 3.38. The predicted octanol–water partition coefficient (Wildman–Crippen LogP) is 3.15. The molecule has 20 heavy (non-hydrogen) atoms. The van der Waals surface area contributed by atoms with Gasteiger partial charge in [0.15, 0.2) is 0 Å². The maximum atomic E-state index is 11.3. The lowest BCUT2D eigenvalue weighted by molar-refractivity contribution is -0.139. The molecule has 0 aromatic heterocycles. The third kappa shape index (κ3) is 2.27. The topological polar surface area (TPSA) is 46.5 Å². The molecule has 1 aromatic carbocycles. The van der Waals surface area contributed by atoms with Crippen LogP contribution in [0, 0.1) is 5.92 Å². The molecular formula is C17H20O3. The van der Waals surface area contributed by atoms with Gasteiger partial charge in [0.25, 0.3) is 0 Å². The SMILES string of the molecule is CC(=O)OC1=CCC[C@@]2(O)CC[C@H](c3ccccc3)[C@@H]12. The van der Waals surface area contributed by atoms with Gasteiger partial charge in [-0.15, -0.1) is 0 Å². The van der Waals surface area contributed by atoms with Gasteiger partial charge in [0.2, 0.25) is 0 Å². The number of aliphatic hydroxyl groups is 1. The second-order valence-corrected chi connectivity index (χ2v) is 5.88. The summed E-state index contributed by atoms with van der Waals surface area (Å²) >= 11 is 0. The van der Waals surface area contributed by atoms with Crippen molar-refractivity contribution in [3.8, 4) is 0 Å². The molecule has 3 rings (SSSR count). The summed E-state index contributed by atoms with van der Waals surface area (Å²) in [7, 11) is 0. The Morgan fingerprint density at radius 3 is 2.75 bits per heavy atom. The van der Waals surface area contributed by atoms with Crippen molar-refractivity contribution in [2.24, 2.45) is 5.92 Å². The molecule has 1 fully saturated rings. The first-order valence-electron chi connectivity index (χ1n) is 7.26. The van der Waals surface area contributed by atoms with E-state index in [4.69, 9.17) is 4.74 Å². The lowest BCUT2D eigenvalue weighted by Gasteiger charge is -2.36. The highest BCUT2D eigenvalue weighted by molar-refractivity contribution is 5.67. The van der Waals surface area contributed by atoms with Gasteiger partial charge >= 0.3 is 5.97 Å². The molecule has 0 unspecified atom stereocenters. The Hall–Kier alpha value is -1.61. The Morgan fingerprint density at radius 2 is 2.05 bits per heavy atom. The van der Waals surface area contributed by atoms with Crippen LogP contribution in [0.2, 0.25) is 0 Å². The molecule has 0 bridgehead atoms. The van der Waals surface area contributed by atoms with Gasteiger partial charge in [-0.2, -0.15) is 0 Å². The molecule has 0 spiro atoms. The molecule has 0 amide bonds. The molecule has 1 aromatic rings. The molecule has 106 valence electrons. The second kappa shape index (κ2) is 5.06. The van der Waals surface area contributed by atoms with Crippen LogP contribution in [0.5, 0.6) is 0 Å². The average Bonchev–Trinajstić information content (AvgIpc) is 2.78. The average molecular weight is 272 g/mol. The van der Waals surface area contributed by atoms with E-state index in [1.807, 2.05) is 24.3 Å². The predicted molar refractivity (Wildman–Crippen MR) is 75.9 cm³/mol. The van der Waals surface area contributed by atoms with Gasteiger partial charge in [0.1, 0.15) is 5.76 Å². The largest absolute Gasteiger partial charge is 0.431 e. The summed E-state index contributed by atoms with van der Waals surface area (Å²) in [5.41, 5.74) is 0.494. The zero-order chi connectivity index (χ0) is 14.2. The van der Waals surface area contributed by atoms with Gasteiger partial charge in [-0.3, -0.25) is 4.79 Å². The van der Waals surface area contributed by atoms with E-state index in [-0.39, 0.29) is 17.8 Å². The van der Waals surface area contributed by atoms with Gasteiger partial charge in [-0.05, 0) is 43.2 Å². The molecule has 3 heteroatoms. The standard InChI is InChI=1S/C17H20O3/c1-12(18)20-15-8-5-10-17(19)11-9-14(16(15)17)13-6-3-2-4-7-13/h2-4,6-8,14,16,19H,5,9-11H2,1H3/t14-,16+,17-/m1/s1. The first-order chi connectivity index (χ1) is 9.60. The fourth-order valence-electron chi connectivity index (χ4n) is 3.77. The van der Waals surface area contributed by atoms with Crippen molar-refractivity contribution in [1.82, 2.24) is 0 Å². The van der Waals surface area contributed by atoms with Gasteiger partial charge in [-0.25, -0.2) is 0 Å². The van der Waals surface area contributed by atoms with Gasteiger partial charge < -0.3 is 9.84 Å². The molecule has 2 aliphatic rings. The Balaban J connectivity index is 1.96. The van der Waals surface area contributed by atoms with Crippen LogP contribution in [0.25, 0.3) is 0 Å². The highest BCUT2D eigenvalue weighted by Gasteiger charge is 2.51. The van der Waals surface area contributed by atoms with E-state index in [9.17, 15) is 9.90 Å². The van der Waals surface area contributed by atoms with E-state index in [0.29, 0.717) is 5.76 Å². The van der Waals surface area contributed by atoms with E-state index in [1.54, 1.807) is 0 Å². The second-order valence-electron chi connectivity index (χ2n) is 5.88. The highest BCUT2D eigenvalue weighted by Crippen LogP contribution is 2.53. The number of allylic oxidation sites excluding steroid dienone is 1. The fraction of sp³-hybridized carbons (Fsp3) is 0.471. The van der Waals surface area contributed by atoms with Crippen molar-refractivity contribution in [2.45, 2.75) is 44.1 Å². The summed E-state index contributed by atoms with van der Waals surface area (Å²) in [6.45, 7) is 1.42. The molecule has 0 heterocycles. The first kappa shape index (κ1) is 13.4. The summed E-state index contributed by atoms with van der Waals surface area (Å²) in [5, 5.41) is 10.9. The third-order valence-electron chi connectivity index (χ3n) is 4.59. The van der Waals surface area contributed by atoms with Gasteiger partial charge in [-0.1, -0.05) is 30.3 Å². The monoisotopic (exact) mass is 272 g/mol. The number of rotatable bonds is 2. The zero-order valence-electron chi connectivity index (χ0n) is 11.7. The minimum absolute atomic E-state index is 0.0949. The normalized spacial score (nSPS) is 32.4. The Labute approximate surface area is 119 Å². The summed E-state index contributed by atoms with van der Waals surface area (Å²) in [4.78, 5) is 11.3. The van der Waals surface area contributed by atoms with Gasteiger partial charge in [0.05, 0.1) is 11.5 Å². The maximum Gasteiger partial charge on any atom is 0.307 e. The van der Waals surface area contributed by atoms with Crippen LogP contribution < -0.4 is 0 Å². The van der Waals surface area contributed by atoms with Crippen LogP contribution in [0.15, 0.2) is 42.2 Å². The van der Waals surface area contributed by atoms with Crippen LogP contribution in [-0.2, 0) is 9.53 Å². The maximum absolute atomic E-state index is 11.3. The third-order valence-corrected chi connectivity index (χ3v) is 4.59. The molecule has 3 nitrogen and oxygen atoms in total. The van der Waals surface area contributed by atoms with Crippen molar-refractivity contribution >= 4 is 5.97 Å². The molecule has 1 N–H and O–H groups in total. The zero-order valence-corrected chi connectivity index (χ0v) is 11.7. The quantitative estimate of drug-likeness (QED) is 0.841. The lowest BCUT2D eigenvalue weighted by atomic mass is 9.75. The van der Waals surface area contributed by atoms with E-state index < -0.39 is 5.60 Å². The molecule has 1 saturated carbocycles. The lowest BCUT2D eigenvalue weighted by Crippen LogP contribution is -2.39. The molecule has 3 atom stereocenters. The number of carbonyl (C=O) groups is 1. The van der Waals surface area contributed by atoms with Crippen LogP contribution in [0.1, 0.15) is 44.1 Å². The number of hydrogen-bond acceptors (Lipinski definition) is 3. The summed E-state index contributed by atoms with van der Waals surface area (Å²) < 4.78 is 5.38. The number of hydrogen-bond donors (Lipinski definition) is 1. The highest BCUT2D eigenvalue weighted by atomic mass is 16.5. The van der Waals surface area contributed by atoms with Crippen molar-refractivity contribution in [2.75, 3.05) is 0 Å². The fourth-order valence-corrected chi connectivity index (χ4v) is 3.77. The Morgan fingerprint density at radius 1 is 1.30 bits per heavy atom. The van der Waals surface area contributed by atoms with Crippen molar-refractivity contribution in [1.29, 1.82) is 0 Å². The van der Waals surface area contributed by atoms with E-state index in [0.717, 1.165) is 25.7 Å². The van der Waals surface area contributed by atoms with Crippen molar-refractivity contribution in [3.05, 3.63) is 47.7 Å². The molecule has 0 aliphatic heterocycles. The summed E-state index contributed by atoms with van der Waals surface area (Å²) in [6, 6.07) is 10.2. The number of ether oxygens (including phenoxy) is 1. The number of benzene rings is 1. The van der Waals surface area contributed by atoms with Crippen molar-refractivity contribution < 1.29 is 14.6 Å². The number of carbonyl (C=O) groups excluding carboxylic acids is 1.